The maximum absolute atomic E-state index is 12.5. The molecule has 0 aliphatic heterocycles. The number of aromatic nitrogens is 24. The zero-order chi connectivity index (χ0) is 68.2. The van der Waals surface area contributed by atoms with Gasteiger partial charge in [-0.05, 0) is 90.9 Å². The fraction of sp³-hybridized carbons (Fsp3) is 0.226. The minimum absolute atomic E-state index is 0. The predicted octanol–water partition coefficient (Wildman–Crippen LogP) is 11.6. The first kappa shape index (κ1) is 77.4. The summed E-state index contributed by atoms with van der Waals surface area (Å²) in [5, 5.41) is 43.9. The number of imidazole rings is 6. The summed E-state index contributed by atoms with van der Waals surface area (Å²) in [6.45, 7) is 13.8. The van der Waals surface area contributed by atoms with Crippen molar-refractivity contribution in [1.29, 1.82) is 0 Å². The minimum atomic E-state index is -4.50. The Morgan fingerprint density at radius 1 is 0.327 bits per heavy atom. The second kappa shape index (κ2) is 34.1. The van der Waals surface area contributed by atoms with Gasteiger partial charge in [0.05, 0.1) is 0 Å². The fourth-order valence-corrected chi connectivity index (χ4v) is 8.78. The zero-order valence-corrected chi connectivity index (χ0v) is 59.7. The first-order valence-corrected chi connectivity index (χ1v) is 28.6. The van der Waals surface area contributed by atoms with Crippen molar-refractivity contribution < 1.29 is 103 Å². The molecule has 98 heavy (non-hydrogen) atoms. The Kier molecular flexibility index (Phi) is 26.9. The van der Waals surface area contributed by atoms with Crippen LogP contribution in [0.1, 0.15) is 73.9 Å². The van der Waals surface area contributed by atoms with E-state index in [1.54, 1.807) is 57.9 Å². The van der Waals surface area contributed by atoms with E-state index in [0.29, 0.717) is 23.5 Å². The molecule has 0 fully saturated rings. The molecule has 0 radical (unpaired) electrons. The molecule has 0 atom stereocenters. The molecular weight excluding hydrogens is 1840 g/mol. The Morgan fingerprint density at radius 3 is 0.867 bits per heavy atom. The normalized spacial score (nSPS) is 11.1. The summed E-state index contributed by atoms with van der Waals surface area (Å²) in [4.78, 5) is 24.7. The summed E-state index contributed by atoms with van der Waals surface area (Å²) in [6, 6.07) is 28.2. The van der Waals surface area contributed by atoms with E-state index in [-0.39, 0.29) is 86.3 Å². The number of benzene rings is 2. The number of hydrogen-bond donors (Lipinski definition) is 0. The summed E-state index contributed by atoms with van der Waals surface area (Å²) >= 11 is 0. The maximum Gasteiger partial charge on any atom is 2.00 e. The molecule has 0 spiro atoms. The molecule has 14 aromatic rings. The minimum Gasteiger partial charge on any atom is -0.572 e. The molecule has 0 aliphatic carbocycles. The number of halogens is 9. The quantitative estimate of drug-likeness (QED) is 0.115. The monoisotopic (exact) mass is 1890 g/mol. The first-order chi connectivity index (χ1) is 45.2. The van der Waals surface area contributed by atoms with Gasteiger partial charge in [-0.1, -0.05) is 88.8 Å². The van der Waals surface area contributed by atoms with Crippen LogP contribution in [-0.2, 0) is 95.8 Å². The van der Waals surface area contributed by atoms with Crippen LogP contribution >= 0.6 is 0 Å². The fourth-order valence-electron chi connectivity index (χ4n) is 8.78. The molecule has 0 unspecified atom stereocenters. The molecule has 0 saturated heterocycles. The second-order valence-corrected chi connectivity index (χ2v) is 21.1. The molecule has 518 valence electrons. The van der Waals surface area contributed by atoms with Crippen LogP contribution in [0, 0.1) is 20.8 Å². The van der Waals surface area contributed by atoms with Crippen LogP contribution < -0.4 is 30.6 Å². The van der Waals surface area contributed by atoms with E-state index >= 15 is 0 Å². The van der Waals surface area contributed by atoms with Crippen molar-refractivity contribution in [2.75, 3.05) is 0 Å². The van der Waals surface area contributed by atoms with Gasteiger partial charge in [0.25, 0.3) is 0 Å². The van der Waals surface area contributed by atoms with Crippen molar-refractivity contribution in [2.45, 2.75) is 79.1 Å². The van der Waals surface area contributed by atoms with Crippen LogP contribution in [0.3, 0.4) is 0 Å². The topological polar surface area (TPSA) is 269 Å². The number of nitrogens with zero attached hydrogens (tertiary/aromatic N) is 24. The Hall–Kier alpha value is -9.61. The van der Waals surface area contributed by atoms with E-state index in [4.69, 9.17) is 0 Å². The molecule has 14 rings (SSSR count). The standard InChI is InChI=1S/C13H8F3N4.C13H11N4.C10H10F3N4.C10H13N4.C8H6F3N4.C8H9N4.3Pt/c14-13(15,16)11-8-10(18-19-11)12-17-6-7-20(12)9-4-2-1-3-5-9;1-10-9-12(16-15-10)13-14-7-8-17(13)11-5-3-2-4-6-11;1-6(2)17-4-3-14-9(17)7-5-8(16-15-7)10(11,12)13;1-7(2)14-5-4-11-10(14)9-6-8(3)12-13-9;1-15-3-2-12-7(15)5-4-6(14-13-5)8(9,10)11;1-6-5-7(11-10-6)8-9-3-4-12(8)2;;;/h1-8H;2-9H,1H3;3-6H,1-2H3;4-7H,1-3H3;2-4H,1H3;3-5H,1-2H3;;;/q6*-1;3*+2. The summed E-state index contributed by atoms with van der Waals surface area (Å²) in [5.74, 6) is 3.63. The van der Waals surface area contributed by atoms with E-state index in [2.05, 4.69) is 110 Å². The smallest absolute Gasteiger partial charge is 0.572 e. The third-order valence-electron chi connectivity index (χ3n) is 13.3. The van der Waals surface area contributed by atoms with Gasteiger partial charge in [-0.2, -0.15) is 39.5 Å². The molecule has 0 amide bonds. The molecule has 0 saturated carbocycles. The van der Waals surface area contributed by atoms with Crippen molar-refractivity contribution in [3.05, 3.63) is 206 Å². The SMILES string of the molecule is CC(C)n1ccnc1-c1cc(C(F)(F)F)n[n-]1.Cc1cc(-c2nccn2-c2ccccc2)[n-]n1.Cc1cc(-c2nccn2C(C)C)[n-]n1.Cc1cc(-c2nccn2C)[n-]n1.Cn1ccnc1-c1cc(C(F)(F)F)n[n-]1.FC(F)(F)c1cc(-c2nccn2-c2ccccc2)[n-]n1.[Pt+2].[Pt+2].[Pt+2]. The van der Waals surface area contributed by atoms with Gasteiger partial charge < -0.3 is 88.6 Å². The Morgan fingerprint density at radius 2 is 0.582 bits per heavy atom. The molecule has 0 bridgehead atoms. The predicted molar refractivity (Wildman–Crippen MR) is 327 cm³/mol. The molecule has 0 N–H and O–H groups in total. The zero-order valence-electron chi connectivity index (χ0n) is 52.9. The molecule has 36 heteroatoms. The van der Waals surface area contributed by atoms with E-state index < -0.39 is 35.6 Å². The largest absolute Gasteiger partial charge is 2.00 e. The van der Waals surface area contributed by atoms with Crippen molar-refractivity contribution in [1.82, 2.24) is 118 Å². The summed E-state index contributed by atoms with van der Waals surface area (Å²) < 4.78 is 122. The number of aryl methyl sites for hydroxylation is 5. The third kappa shape index (κ3) is 19.8. The van der Waals surface area contributed by atoms with Crippen molar-refractivity contribution in [3.63, 3.8) is 0 Å². The Balaban J connectivity index is 0.000000186. The number of hydrogen-bond acceptors (Lipinski definition) is 12. The molecule has 2 aromatic carbocycles. The molecule has 12 heterocycles. The van der Waals surface area contributed by atoms with Crippen LogP contribution in [-0.4, -0.2) is 87.9 Å². The van der Waals surface area contributed by atoms with Gasteiger partial charge in [0.15, 0.2) is 0 Å². The van der Waals surface area contributed by atoms with Gasteiger partial charge in [0, 0.05) is 129 Å². The maximum atomic E-state index is 12.5. The van der Waals surface area contributed by atoms with Crippen molar-refractivity contribution >= 4 is 0 Å². The van der Waals surface area contributed by atoms with Gasteiger partial charge in [-0.25, -0.2) is 29.9 Å². The summed E-state index contributed by atoms with van der Waals surface area (Å²) in [5.41, 5.74) is 4.43. The van der Waals surface area contributed by atoms with Gasteiger partial charge in [-0.15, -0.1) is 0 Å². The van der Waals surface area contributed by atoms with Crippen molar-refractivity contribution in [3.8, 4) is 80.5 Å². The first-order valence-electron chi connectivity index (χ1n) is 28.6. The average molecular weight is 1890 g/mol. The number of para-hydroxylation sites is 2. The molecular formula is C62H57F9N24Pt3. The molecule has 24 nitrogen and oxygen atoms in total. The van der Waals surface area contributed by atoms with E-state index in [0.717, 1.165) is 81.2 Å². The second-order valence-electron chi connectivity index (χ2n) is 21.1. The third-order valence-corrected chi connectivity index (χ3v) is 13.3. The van der Waals surface area contributed by atoms with Gasteiger partial charge in [-0.3, -0.25) is 0 Å². The average Bonchev–Trinajstić information content (AvgIpc) is 1.63. The van der Waals surface area contributed by atoms with Crippen LogP contribution in [0.2, 0.25) is 0 Å². The molecule has 12 aromatic heterocycles. The van der Waals surface area contributed by atoms with Crippen LogP contribution in [0.5, 0.6) is 0 Å². The number of alkyl halides is 9. The van der Waals surface area contributed by atoms with Crippen LogP contribution in [0.4, 0.5) is 39.5 Å². The Bertz CT molecular complexity index is 4640. The Labute approximate surface area is 596 Å². The summed E-state index contributed by atoms with van der Waals surface area (Å²) in [7, 11) is 3.61. The van der Waals surface area contributed by atoms with Crippen molar-refractivity contribution in [2.24, 2.45) is 14.1 Å². The van der Waals surface area contributed by atoms with Gasteiger partial charge in [0.2, 0.25) is 0 Å². The van der Waals surface area contributed by atoms with Crippen LogP contribution in [0.25, 0.3) is 80.5 Å². The molecule has 0 aliphatic rings. The van der Waals surface area contributed by atoms with Crippen LogP contribution in [0.15, 0.2) is 171 Å². The van der Waals surface area contributed by atoms with E-state index in [9.17, 15) is 39.5 Å². The van der Waals surface area contributed by atoms with E-state index in [1.165, 1.54) is 18.6 Å². The van der Waals surface area contributed by atoms with E-state index in [1.807, 2.05) is 148 Å². The summed E-state index contributed by atoms with van der Waals surface area (Å²) in [6.07, 6.45) is 7.14. The van der Waals surface area contributed by atoms with Gasteiger partial charge in [0.1, 0.15) is 52.0 Å². The number of rotatable bonds is 10. The van der Waals surface area contributed by atoms with Gasteiger partial charge >= 0.3 is 81.7 Å².